The molecule has 0 atom stereocenters. The molecule has 0 aliphatic heterocycles. The second kappa shape index (κ2) is 7.57. The summed E-state index contributed by atoms with van der Waals surface area (Å²) in [4.78, 5) is 23.3. The smallest absolute Gasteiger partial charge is 0.258 e. The maximum atomic E-state index is 13.5. The summed E-state index contributed by atoms with van der Waals surface area (Å²) in [5, 5.41) is 4.28. The van der Waals surface area contributed by atoms with Gasteiger partial charge in [-0.25, -0.2) is 4.39 Å². The molecule has 3 rings (SSSR count). The van der Waals surface area contributed by atoms with E-state index >= 15 is 0 Å². The normalized spacial score (nSPS) is 10.4. The summed E-state index contributed by atoms with van der Waals surface area (Å²) in [6.07, 6.45) is 0.717. The van der Waals surface area contributed by atoms with Gasteiger partial charge in [0.25, 0.3) is 5.91 Å². The molecule has 0 spiro atoms. The predicted molar refractivity (Wildman–Crippen MR) is 93.1 cm³/mol. The average Bonchev–Trinajstić information content (AvgIpc) is 2.65. The largest absolute Gasteiger partial charge is 0.483 e. The van der Waals surface area contributed by atoms with Gasteiger partial charge in [0.1, 0.15) is 11.6 Å². The molecule has 0 aromatic heterocycles. The van der Waals surface area contributed by atoms with Crippen LogP contribution in [0.15, 0.2) is 60.7 Å². The Balaban J connectivity index is 1.65. The third kappa shape index (κ3) is 3.83. The van der Waals surface area contributed by atoms with Crippen molar-refractivity contribution in [2.45, 2.75) is 6.54 Å². The highest BCUT2D eigenvalue weighted by Crippen LogP contribution is 2.26. The van der Waals surface area contributed by atoms with E-state index in [0.29, 0.717) is 16.9 Å². The van der Waals surface area contributed by atoms with Crippen LogP contribution in [0.2, 0.25) is 0 Å². The molecule has 1 N–H and O–H groups in total. The van der Waals surface area contributed by atoms with Crippen molar-refractivity contribution in [1.82, 2.24) is 5.32 Å². The number of ether oxygens (including phenoxy) is 1. The summed E-state index contributed by atoms with van der Waals surface area (Å²) in [7, 11) is 0. The quantitative estimate of drug-likeness (QED) is 0.701. The molecule has 0 heterocycles. The minimum absolute atomic E-state index is 0.0765. The highest BCUT2D eigenvalue weighted by atomic mass is 19.1. The highest BCUT2D eigenvalue weighted by molar-refractivity contribution is 6.00. The number of benzene rings is 3. The molecule has 5 heteroatoms. The van der Waals surface area contributed by atoms with Crippen LogP contribution in [0, 0.1) is 5.82 Å². The zero-order chi connectivity index (χ0) is 17.6. The van der Waals surface area contributed by atoms with Crippen LogP contribution in [-0.4, -0.2) is 18.8 Å². The van der Waals surface area contributed by atoms with Crippen molar-refractivity contribution in [1.29, 1.82) is 0 Å². The summed E-state index contributed by atoms with van der Waals surface area (Å²) < 4.78 is 19.0. The Labute approximate surface area is 144 Å². The molecule has 0 aliphatic rings. The lowest BCUT2D eigenvalue weighted by atomic mass is 10.0. The summed E-state index contributed by atoms with van der Waals surface area (Å²) in [5.74, 6) is -0.426. The molecular weight excluding hydrogens is 321 g/mol. The number of aldehydes is 1. The molecule has 4 nitrogen and oxygen atoms in total. The molecule has 0 radical (unpaired) electrons. The van der Waals surface area contributed by atoms with Crippen molar-refractivity contribution >= 4 is 23.0 Å². The number of rotatable bonds is 6. The van der Waals surface area contributed by atoms with Gasteiger partial charge in [-0.15, -0.1) is 0 Å². The standard InChI is InChI=1S/C20H16FNO3/c21-18-8-4-2-6-15(18)11-22-20(24)13-25-19-10-9-14-5-1-3-7-16(14)17(19)12-23/h1-10,12H,11,13H2,(H,22,24). The van der Waals surface area contributed by atoms with Crippen LogP contribution >= 0.6 is 0 Å². The monoisotopic (exact) mass is 337 g/mol. The van der Waals surface area contributed by atoms with Crippen molar-refractivity contribution in [3.05, 3.63) is 77.6 Å². The van der Waals surface area contributed by atoms with Crippen LogP contribution in [0.1, 0.15) is 15.9 Å². The van der Waals surface area contributed by atoms with Gasteiger partial charge in [0.05, 0.1) is 5.56 Å². The van der Waals surface area contributed by atoms with E-state index in [2.05, 4.69) is 5.32 Å². The van der Waals surface area contributed by atoms with E-state index in [1.54, 1.807) is 24.3 Å². The van der Waals surface area contributed by atoms with Crippen LogP contribution in [0.5, 0.6) is 5.75 Å². The summed E-state index contributed by atoms with van der Waals surface area (Å²) in [6, 6.07) is 17.2. The van der Waals surface area contributed by atoms with Crippen molar-refractivity contribution in [2.24, 2.45) is 0 Å². The van der Waals surface area contributed by atoms with Gasteiger partial charge in [0.2, 0.25) is 0 Å². The van der Waals surface area contributed by atoms with E-state index in [-0.39, 0.29) is 19.0 Å². The van der Waals surface area contributed by atoms with E-state index in [1.807, 2.05) is 30.3 Å². The van der Waals surface area contributed by atoms with E-state index in [4.69, 9.17) is 4.74 Å². The molecule has 0 saturated heterocycles. The Morgan fingerprint density at radius 1 is 1.04 bits per heavy atom. The molecule has 25 heavy (non-hydrogen) atoms. The summed E-state index contributed by atoms with van der Waals surface area (Å²) in [6.45, 7) is -0.180. The lowest BCUT2D eigenvalue weighted by Crippen LogP contribution is -2.28. The van der Waals surface area contributed by atoms with Crippen LogP contribution in [-0.2, 0) is 11.3 Å². The minimum atomic E-state index is -0.395. The van der Waals surface area contributed by atoms with Gasteiger partial charge in [-0.05, 0) is 22.9 Å². The number of fused-ring (bicyclic) bond motifs is 1. The highest BCUT2D eigenvalue weighted by Gasteiger charge is 2.10. The Morgan fingerprint density at radius 3 is 2.60 bits per heavy atom. The molecular formula is C20H16FNO3. The maximum absolute atomic E-state index is 13.5. The summed E-state index contributed by atoms with van der Waals surface area (Å²) in [5.41, 5.74) is 0.801. The van der Waals surface area contributed by atoms with Gasteiger partial charge < -0.3 is 10.1 Å². The fraction of sp³-hybridized carbons (Fsp3) is 0.100. The van der Waals surface area contributed by atoms with Gasteiger partial charge in [-0.1, -0.05) is 48.5 Å². The van der Waals surface area contributed by atoms with E-state index in [1.165, 1.54) is 6.07 Å². The summed E-state index contributed by atoms with van der Waals surface area (Å²) >= 11 is 0. The predicted octanol–water partition coefficient (Wildman–Crippen LogP) is 3.49. The second-order valence-electron chi connectivity index (χ2n) is 5.47. The molecule has 126 valence electrons. The third-order valence-electron chi connectivity index (χ3n) is 3.84. The first-order chi connectivity index (χ1) is 12.2. The molecule has 3 aromatic carbocycles. The molecule has 1 amide bonds. The van der Waals surface area contributed by atoms with Crippen molar-refractivity contribution in [3.8, 4) is 5.75 Å². The number of halogens is 1. The van der Waals surface area contributed by atoms with Gasteiger partial charge in [-0.3, -0.25) is 9.59 Å². The molecule has 0 saturated carbocycles. The molecule has 0 bridgehead atoms. The number of carbonyl (C=O) groups is 2. The first-order valence-corrected chi connectivity index (χ1v) is 7.79. The topological polar surface area (TPSA) is 55.4 Å². The molecule has 3 aromatic rings. The number of amides is 1. The average molecular weight is 337 g/mol. The Hall–Kier alpha value is -3.21. The minimum Gasteiger partial charge on any atom is -0.483 e. The zero-order valence-corrected chi connectivity index (χ0v) is 13.4. The van der Waals surface area contributed by atoms with Crippen LogP contribution in [0.25, 0.3) is 10.8 Å². The maximum Gasteiger partial charge on any atom is 0.258 e. The molecule has 0 unspecified atom stereocenters. The lowest BCUT2D eigenvalue weighted by molar-refractivity contribution is -0.123. The van der Waals surface area contributed by atoms with Gasteiger partial charge >= 0.3 is 0 Å². The molecule has 0 aliphatic carbocycles. The Kier molecular flexibility index (Phi) is 5.04. The lowest BCUT2D eigenvalue weighted by Gasteiger charge is -2.11. The van der Waals surface area contributed by atoms with Crippen LogP contribution in [0.4, 0.5) is 4.39 Å². The SMILES string of the molecule is O=Cc1c(OCC(=O)NCc2ccccc2F)ccc2ccccc12. The first-order valence-electron chi connectivity index (χ1n) is 7.79. The fourth-order valence-electron chi connectivity index (χ4n) is 2.55. The van der Waals surface area contributed by atoms with E-state index in [0.717, 1.165) is 17.1 Å². The van der Waals surface area contributed by atoms with Crippen LogP contribution < -0.4 is 10.1 Å². The number of hydrogen-bond donors (Lipinski definition) is 1. The third-order valence-corrected chi connectivity index (χ3v) is 3.84. The van der Waals surface area contributed by atoms with Crippen molar-refractivity contribution in [3.63, 3.8) is 0 Å². The second-order valence-corrected chi connectivity index (χ2v) is 5.47. The number of hydrogen-bond acceptors (Lipinski definition) is 3. The fourth-order valence-corrected chi connectivity index (χ4v) is 2.55. The van der Waals surface area contributed by atoms with Crippen molar-refractivity contribution < 1.29 is 18.7 Å². The zero-order valence-electron chi connectivity index (χ0n) is 13.4. The molecule has 0 fully saturated rings. The Morgan fingerprint density at radius 2 is 1.80 bits per heavy atom. The van der Waals surface area contributed by atoms with Gasteiger partial charge in [0.15, 0.2) is 12.9 Å². The van der Waals surface area contributed by atoms with Gasteiger partial charge in [-0.2, -0.15) is 0 Å². The van der Waals surface area contributed by atoms with Crippen molar-refractivity contribution in [2.75, 3.05) is 6.61 Å². The Bertz CT molecular complexity index is 924. The first kappa shape index (κ1) is 16.6. The van der Waals surface area contributed by atoms with E-state index in [9.17, 15) is 14.0 Å². The van der Waals surface area contributed by atoms with Crippen LogP contribution in [0.3, 0.4) is 0 Å². The van der Waals surface area contributed by atoms with Gasteiger partial charge in [0, 0.05) is 12.1 Å². The number of carbonyl (C=O) groups excluding carboxylic acids is 2. The van der Waals surface area contributed by atoms with E-state index < -0.39 is 5.91 Å². The number of nitrogens with one attached hydrogen (secondary N) is 1.